The van der Waals surface area contributed by atoms with Gasteiger partial charge in [-0.05, 0) is 105 Å². The Morgan fingerprint density at radius 1 is 0.328 bits per heavy atom. The van der Waals surface area contributed by atoms with Gasteiger partial charge in [0.2, 0.25) is 0 Å². The average molecular weight is 938 g/mol. The van der Waals surface area contributed by atoms with Gasteiger partial charge in [0.1, 0.15) is 0 Å². The molecule has 0 spiro atoms. The number of benzene rings is 5. The van der Waals surface area contributed by atoms with Gasteiger partial charge in [0.25, 0.3) is 0 Å². The smallest absolute Gasteiger partial charge is 0.657 e. The van der Waals surface area contributed by atoms with Crippen molar-refractivity contribution in [2.45, 2.75) is 0 Å². The van der Waals surface area contributed by atoms with E-state index < -0.39 is 34.4 Å². The summed E-state index contributed by atoms with van der Waals surface area (Å²) in [6.07, 6.45) is 3.77. The minimum Gasteiger partial charge on any atom is -0.657 e. The van der Waals surface area contributed by atoms with E-state index >= 15 is 17.6 Å². The molecule has 0 amide bonds. The van der Waals surface area contributed by atoms with E-state index in [1.54, 1.807) is 97.1 Å². The molecule has 8 bridgehead atoms. The summed E-state index contributed by atoms with van der Waals surface area (Å²) >= 11 is 25.4. The zero-order chi connectivity index (χ0) is 41.4. The van der Waals surface area contributed by atoms with Gasteiger partial charge in [-0.3, -0.25) is 0 Å². The SMILES string of the molecule is Fc1c(F)c(F)c2c(c1F)-c1nc-2c(-c2ccc(Cl)cc2)c2ccc([n-]2)c(-c2ccc(Cl)cc2)c2nc(c(-c3ccc(Cl)cc3)c3ccc([n-]3)c1-c1ccc(Cl)cc1)C=C2.[Zn+2]. The van der Waals surface area contributed by atoms with Crippen LogP contribution in [0.3, 0.4) is 0 Å². The Balaban J connectivity index is 0.00000476. The molecule has 0 fully saturated rings. The van der Waals surface area contributed by atoms with Gasteiger partial charge >= 0.3 is 19.5 Å². The third kappa shape index (κ3) is 7.08. The van der Waals surface area contributed by atoms with Crippen LogP contribution in [0.15, 0.2) is 121 Å². The van der Waals surface area contributed by atoms with Crippen LogP contribution < -0.4 is 9.97 Å². The molecule has 0 N–H and O–H groups in total. The van der Waals surface area contributed by atoms with Crippen molar-refractivity contribution in [3.63, 3.8) is 0 Å². The normalized spacial score (nSPS) is 11.7. The van der Waals surface area contributed by atoms with Crippen LogP contribution in [0.4, 0.5) is 17.6 Å². The molecule has 3 aromatic heterocycles. The van der Waals surface area contributed by atoms with Crippen molar-refractivity contribution in [2.75, 3.05) is 0 Å². The van der Waals surface area contributed by atoms with Crippen LogP contribution in [0.2, 0.25) is 20.1 Å². The Kier molecular flexibility index (Phi) is 10.8. The van der Waals surface area contributed by atoms with Gasteiger partial charge in [0.05, 0.1) is 33.9 Å². The Hall–Kier alpha value is -5.54. The largest absolute Gasteiger partial charge is 2.00 e. The Morgan fingerprint density at radius 2 is 0.607 bits per heavy atom. The minimum atomic E-state index is -1.99. The van der Waals surface area contributed by atoms with Crippen molar-refractivity contribution in [2.24, 2.45) is 0 Å². The van der Waals surface area contributed by atoms with Crippen LogP contribution in [0.5, 0.6) is 0 Å². The van der Waals surface area contributed by atoms with Gasteiger partial charge in [0, 0.05) is 20.1 Å². The zero-order valence-electron chi connectivity index (χ0n) is 31.2. The molecule has 5 aromatic carbocycles. The van der Waals surface area contributed by atoms with Crippen LogP contribution in [-0.2, 0) is 19.5 Å². The van der Waals surface area contributed by atoms with E-state index in [2.05, 4.69) is 0 Å². The van der Waals surface area contributed by atoms with Crippen LogP contribution >= 0.6 is 46.4 Å². The maximum Gasteiger partial charge on any atom is 2.00 e. The summed E-state index contributed by atoms with van der Waals surface area (Å²) in [7, 11) is 0. The summed E-state index contributed by atoms with van der Waals surface area (Å²) in [6, 6.07) is 34.5. The molecule has 0 unspecified atom stereocenters. The third-order valence-corrected chi connectivity index (χ3v) is 11.4. The molecular weight excluding hydrogens is 916 g/mol. The van der Waals surface area contributed by atoms with Crippen LogP contribution in [0.1, 0.15) is 11.4 Å². The number of rotatable bonds is 4. The Labute approximate surface area is 378 Å². The molecule has 0 saturated heterocycles. The molecule has 0 atom stereocenters. The molecule has 5 heterocycles. The fourth-order valence-electron chi connectivity index (χ4n) is 7.72. The summed E-state index contributed by atoms with van der Waals surface area (Å²) < 4.78 is 64.2. The second-order valence-electron chi connectivity index (χ2n) is 14.0. The van der Waals surface area contributed by atoms with Gasteiger partial charge in [-0.25, -0.2) is 27.5 Å². The van der Waals surface area contributed by atoms with Crippen molar-refractivity contribution in [1.82, 2.24) is 19.9 Å². The number of hydrogen-bond acceptors (Lipinski definition) is 2. The summed E-state index contributed by atoms with van der Waals surface area (Å²) in [5.41, 5.74) is 5.02. The van der Waals surface area contributed by atoms with Crippen LogP contribution in [0, 0.1) is 23.3 Å². The van der Waals surface area contributed by atoms with Gasteiger partial charge in [-0.2, -0.15) is 0 Å². The maximum atomic E-state index is 16.6. The number of nitrogens with zero attached hydrogens (tertiary/aromatic N) is 4. The molecule has 61 heavy (non-hydrogen) atoms. The predicted octanol–water partition coefficient (Wildman–Crippen LogP) is 14.9. The molecule has 0 saturated carbocycles. The van der Waals surface area contributed by atoms with E-state index in [-0.39, 0.29) is 53.0 Å². The summed E-state index contributed by atoms with van der Waals surface area (Å²) in [5.74, 6) is -7.23. The molecule has 0 aliphatic carbocycles. The first-order chi connectivity index (χ1) is 29.0. The van der Waals surface area contributed by atoms with Crippen molar-refractivity contribution in [3.8, 4) is 67.0 Å². The summed E-state index contributed by atoms with van der Waals surface area (Å²) in [6.45, 7) is 0. The van der Waals surface area contributed by atoms with Crippen molar-refractivity contribution < 1.29 is 37.0 Å². The van der Waals surface area contributed by atoms with E-state index in [1.807, 2.05) is 36.4 Å². The van der Waals surface area contributed by atoms with E-state index in [1.165, 1.54) is 0 Å². The average Bonchev–Trinajstić information content (AvgIpc) is 4.09. The standard InChI is InChI=1S/C48H22Cl4F4N4.Zn/c49-27-9-1-23(2-10-27)37-31-17-18-32(57-31)38(24-3-11-28(50)12-4-24)34-20-22-36(59-34)40(26-7-15-30(52)16-8-26)48-42-41(43(53)45(55)46(56)44(42)54)47(60-48)39(35-21-19-33(37)58-35)25-5-13-29(51)14-6-25;/h1-22H;/q-2;+2. The van der Waals surface area contributed by atoms with E-state index in [4.69, 9.17) is 66.3 Å². The van der Waals surface area contributed by atoms with Crippen molar-refractivity contribution in [3.05, 3.63) is 176 Å². The number of hydrogen-bond donors (Lipinski definition) is 0. The molecule has 2 aliphatic heterocycles. The second-order valence-corrected chi connectivity index (χ2v) is 15.7. The first-order valence-electron chi connectivity index (χ1n) is 18.3. The van der Waals surface area contributed by atoms with Crippen molar-refractivity contribution in [1.29, 1.82) is 0 Å². The molecule has 13 heteroatoms. The van der Waals surface area contributed by atoms with Crippen molar-refractivity contribution >= 4 is 80.6 Å². The first kappa shape index (κ1) is 40.8. The zero-order valence-corrected chi connectivity index (χ0v) is 37.2. The molecule has 10 rings (SSSR count). The molecule has 4 nitrogen and oxygen atoms in total. The van der Waals surface area contributed by atoms with Gasteiger partial charge in [-0.15, -0.1) is 22.1 Å². The molecule has 292 valence electrons. The predicted molar refractivity (Wildman–Crippen MR) is 234 cm³/mol. The van der Waals surface area contributed by atoms with E-state index in [0.29, 0.717) is 64.8 Å². The maximum absolute atomic E-state index is 16.6. The topological polar surface area (TPSA) is 54.0 Å². The minimum absolute atomic E-state index is 0. The third-order valence-electron chi connectivity index (χ3n) is 10.4. The molecule has 0 radical (unpaired) electrons. The van der Waals surface area contributed by atoms with Gasteiger partial charge < -0.3 is 9.97 Å². The number of aromatic nitrogens is 4. The van der Waals surface area contributed by atoms with Gasteiger partial charge in [0.15, 0.2) is 23.3 Å². The van der Waals surface area contributed by atoms with Crippen LogP contribution in [0.25, 0.3) is 101 Å². The van der Waals surface area contributed by atoms with Gasteiger partial charge in [-0.1, -0.05) is 119 Å². The number of halogens is 8. The quantitative estimate of drug-likeness (QED) is 0.0764. The van der Waals surface area contributed by atoms with Crippen LogP contribution in [-0.4, -0.2) is 9.97 Å². The number of fused-ring (bicyclic) bond motifs is 11. The Morgan fingerprint density at radius 3 is 0.918 bits per heavy atom. The van der Waals surface area contributed by atoms with E-state index in [0.717, 1.165) is 11.1 Å². The monoisotopic (exact) mass is 934 g/mol. The molecular formula is C48H22Cl4F4N4Zn. The summed E-state index contributed by atoms with van der Waals surface area (Å²) in [5, 5.41) is 1.84. The fraction of sp³-hybridized carbons (Fsp3) is 0. The molecule has 8 aromatic rings. The molecule has 2 aliphatic rings. The Bertz CT molecular complexity index is 3060. The first-order valence-corrected chi connectivity index (χ1v) is 19.8. The second kappa shape index (κ2) is 16.1. The van der Waals surface area contributed by atoms with E-state index in [9.17, 15) is 0 Å². The summed E-state index contributed by atoms with van der Waals surface area (Å²) in [4.78, 5) is 20.3. The fourth-order valence-corrected chi connectivity index (χ4v) is 8.22.